The fraction of sp³-hybridized carbons (Fsp3) is 0.263. The Bertz CT molecular complexity index is 758. The molecule has 0 unspecified atom stereocenters. The van der Waals surface area contributed by atoms with Crippen LogP contribution in [0, 0.1) is 6.92 Å². The van der Waals surface area contributed by atoms with Crippen LogP contribution in [-0.2, 0) is 9.59 Å². The Morgan fingerprint density at radius 1 is 1.25 bits per heavy atom. The van der Waals surface area contributed by atoms with E-state index in [4.69, 9.17) is 4.74 Å². The molecule has 5 heteroatoms. The Hall–Kier alpha value is -2.82. The zero-order chi connectivity index (χ0) is 17.1. The van der Waals surface area contributed by atoms with E-state index in [0.29, 0.717) is 11.4 Å². The van der Waals surface area contributed by atoms with Gasteiger partial charge in [0.25, 0.3) is 5.91 Å². The van der Waals surface area contributed by atoms with Crippen molar-refractivity contribution in [2.75, 3.05) is 18.1 Å². The van der Waals surface area contributed by atoms with Gasteiger partial charge in [-0.3, -0.25) is 14.5 Å². The summed E-state index contributed by atoms with van der Waals surface area (Å²) in [5.41, 5.74) is 2.68. The fourth-order valence-electron chi connectivity index (χ4n) is 2.74. The van der Waals surface area contributed by atoms with E-state index in [9.17, 15) is 9.59 Å². The van der Waals surface area contributed by atoms with Crippen LogP contribution in [0.15, 0.2) is 48.5 Å². The van der Waals surface area contributed by atoms with Crippen molar-refractivity contribution in [3.63, 3.8) is 0 Å². The second-order valence-electron chi connectivity index (χ2n) is 5.94. The van der Waals surface area contributed by atoms with Crippen LogP contribution in [0.2, 0.25) is 0 Å². The van der Waals surface area contributed by atoms with Crippen LogP contribution < -0.4 is 15.0 Å². The summed E-state index contributed by atoms with van der Waals surface area (Å²) in [6.45, 7) is 3.80. The van der Waals surface area contributed by atoms with E-state index in [1.165, 1.54) is 4.90 Å². The van der Waals surface area contributed by atoms with Gasteiger partial charge in [-0.1, -0.05) is 36.4 Å². The van der Waals surface area contributed by atoms with Crippen molar-refractivity contribution in [2.45, 2.75) is 19.9 Å². The Morgan fingerprint density at radius 3 is 2.75 bits per heavy atom. The molecule has 0 spiro atoms. The lowest BCUT2D eigenvalue weighted by atomic mass is 10.1. The molecule has 5 nitrogen and oxygen atoms in total. The lowest BCUT2D eigenvalue weighted by Crippen LogP contribution is -2.45. The smallest absolute Gasteiger partial charge is 0.265 e. The standard InChI is InChI=1S/C19H20N2O3/c1-13-8-9-17-16(10-13)21(19(23)12-24-17)11-18(22)20-14(2)15-6-4-3-5-7-15/h3-10,14H,11-12H2,1-2H3,(H,20,22)/t14-/m1/s1. The number of nitrogens with zero attached hydrogens (tertiary/aromatic N) is 1. The minimum atomic E-state index is -0.212. The second-order valence-corrected chi connectivity index (χ2v) is 5.94. The summed E-state index contributed by atoms with van der Waals surface area (Å²) in [6.07, 6.45) is 0. The maximum Gasteiger partial charge on any atom is 0.265 e. The molecule has 2 aromatic rings. The van der Waals surface area contributed by atoms with Gasteiger partial charge in [0.15, 0.2) is 6.61 Å². The third kappa shape index (κ3) is 3.40. The minimum Gasteiger partial charge on any atom is -0.482 e. The van der Waals surface area contributed by atoms with Crippen molar-refractivity contribution in [1.82, 2.24) is 5.32 Å². The Morgan fingerprint density at radius 2 is 2.00 bits per heavy atom. The number of fused-ring (bicyclic) bond motifs is 1. The first-order valence-electron chi connectivity index (χ1n) is 7.93. The Labute approximate surface area is 141 Å². The number of amides is 2. The third-order valence-electron chi connectivity index (χ3n) is 4.04. The van der Waals surface area contributed by atoms with E-state index in [0.717, 1.165) is 11.1 Å². The molecule has 2 amide bonds. The minimum absolute atomic E-state index is 0.0180. The number of rotatable bonds is 4. The summed E-state index contributed by atoms with van der Waals surface area (Å²) in [6, 6.07) is 15.2. The van der Waals surface area contributed by atoms with E-state index in [-0.39, 0.29) is 31.0 Å². The molecular formula is C19H20N2O3. The highest BCUT2D eigenvalue weighted by Gasteiger charge is 2.27. The average molecular weight is 324 g/mol. The van der Waals surface area contributed by atoms with Crippen LogP contribution in [0.25, 0.3) is 0 Å². The highest BCUT2D eigenvalue weighted by Crippen LogP contribution is 2.32. The van der Waals surface area contributed by atoms with Crippen molar-refractivity contribution in [1.29, 1.82) is 0 Å². The second kappa shape index (κ2) is 6.74. The third-order valence-corrected chi connectivity index (χ3v) is 4.04. The van der Waals surface area contributed by atoms with E-state index in [1.54, 1.807) is 0 Å². The lowest BCUT2D eigenvalue weighted by molar-refractivity contribution is -0.125. The van der Waals surface area contributed by atoms with E-state index in [1.807, 2.05) is 62.4 Å². The predicted molar refractivity (Wildman–Crippen MR) is 92.0 cm³/mol. The number of carbonyl (C=O) groups is 2. The molecule has 1 atom stereocenters. The highest BCUT2D eigenvalue weighted by atomic mass is 16.5. The van der Waals surface area contributed by atoms with Gasteiger partial charge >= 0.3 is 0 Å². The molecule has 0 radical (unpaired) electrons. The maximum atomic E-state index is 12.4. The van der Waals surface area contributed by atoms with E-state index >= 15 is 0 Å². The summed E-state index contributed by atoms with van der Waals surface area (Å²) in [5.74, 6) is 0.216. The van der Waals surface area contributed by atoms with Gasteiger partial charge in [0.2, 0.25) is 5.91 Å². The summed E-state index contributed by atoms with van der Waals surface area (Å²) in [7, 11) is 0. The molecule has 3 rings (SSSR count). The van der Waals surface area contributed by atoms with Crippen molar-refractivity contribution in [3.8, 4) is 5.75 Å². The van der Waals surface area contributed by atoms with Crippen molar-refractivity contribution >= 4 is 17.5 Å². The van der Waals surface area contributed by atoms with Gasteiger partial charge in [-0.25, -0.2) is 0 Å². The number of benzene rings is 2. The van der Waals surface area contributed by atoms with Gasteiger partial charge < -0.3 is 10.1 Å². The van der Waals surface area contributed by atoms with Gasteiger partial charge in [-0.15, -0.1) is 0 Å². The monoisotopic (exact) mass is 324 g/mol. The molecule has 24 heavy (non-hydrogen) atoms. The Balaban J connectivity index is 1.72. The molecule has 0 fully saturated rings. The maximum absolute atomic E-state index is 12.4. The average Bonchev–Trinajstić information content (AvgIpc) is 2.58. The van der Waals surface area contributed by atoms with Crippen LogP contribution >= 0.6 is 0 Å². The van der Waals surface area contributed by atoms with Gasteiger partial charge in [-0.05, 0) is 37.1 Å². The number of nitrogens with one attached hydrogen (secondary N) is 1. The van der Waals surface area contributed by atoms with Crippen molar-refractivity contribution < 1.29 is 14.3 Å². The van der Waals surface area contributed by atoms with Crippen LogP contribution in [-0.4, -0.2) is 25.0 Å². The first kappa shape index (κ1) is 16.1. The molecule has 1 N–H and O–H groups in total. The highest BCUT2D eigenvalue weighted by molar-refractivity contribution is 6.02. The van der Waals surface area contributed by atoms with E-state index in [2.05, 4.69) is 5.32 Å². The summed E-state index contributed by atoms with van der Waals surface area (Å²) < 4.78 is 5.43. The number of hydrogen-bond acceptors (Lipinski definition) is 3. The molecule has 0 aliphatic carbocycles. The Kier molecular flexibility index (Phi) is 4.51. The van der Waals surface area contributed by atoms with Gasteiger partial charge in [0.05, 0.1) is 11.7 Å². The summed E-state index contributed by atoms with van der Waals surface area (Å²) in [4.78, 5) is 26.1. The quantitative estimate of drug-likeness (QED) is 0.940. The van der Waals surface area contributed by atoms with Crippen LogP contribution in [0.1, 0.15) is 24.1 Å². The normalized spacial score (nSPS) is 14.6. The molecule has 0 aromatic heterocycles. The van der Waals surface area contributed by atoms with Crippen LogP contribution in [0.3, 0.4) is 0 Å². The summed E-state index contributed by atoms with van der Waals surface area (Å²) >= 11 is 0. The van der Waals surface area contributed by atoms with Gasteiger partial charge in [0.1, 0.15) is 12.3 Å². The number of ether oxygens (including phenoxy) is 1. The largest absolute Gasteiger partial charge is 0.482 e. The summed E-state index contributed by atoms with van der Waals surface area (Å²) in [5, 5.41) is 2.94. The molecular weight excluding hydrogens is 304 g/mol. The number of carbonyl (C=O) groups excluding carboxylic acids is 2. The SMILES string of the molecule is Cc1ccc2c(c1)N(CC(=O)N[C@H](C)c1ccccc1)C(=O)CO2. The molecule has 1 aliphatic rings. The van der Waals surface area contributed by atoms with Gasteiger partial charge in [-0.2, -0.15) is 0 Å². The number of hydrogen-bond donors (Lipinski definition) is 1. The van der Waals surface area contributed by atoms with Crippen molar-refractivity contribution in [2.24, 2.45) is 0 Å². The number of aryl methyl sites for hydroxylation is 1. The van der Waals surface area contributed by atoms with Gasteiger partial charge in [0, 0.05) is 0 Å². The molecule has 1 heterocycles. The molecule has 0 saturated carbocycles. The number of anilines is 1. The lowest BCUT2D eigenvalue weighted by Gasteiger charge is -2.29. The molecule has 124 valence electrons. The topological polar surface area (TPSA) is 58.6 Å². The fourth-order valence-corrected chi connectivity index (χ4v) is 2.74. The van der Waals surface area contributed by atoms with Crippen molar-refractivity contribution in [3.05, 3.63) is 59.7 Å². The predicted octanol–water partition coefficient (Wildman–Crippen LogP) is 2.60. The first-order chi connectivity index (χ1) is 11.5. The van der Waals surface area contributed by atoms with Crippen LogP contribution in [0.5, 0.6) is 5.75 Å². The zero-order valence-electron chi connectivity index (χ0n) is 13.8. The molecule has 1 aliphatic heterocycles. The van der Waals surface area contributed by atoms with Crippen LogP contribution in [0.4, 0.5) is 5.69 Å². The first-order valence-corrected chi connectivity index (χ1v) is 7.93. The molecule has 2 aromatic carbocycles. The molecule has 0 saturated heterocycles. The van der Waals surface area contributed by atoms with E-state index < -0.39 is 0 Å². The molecule has 0 bridgehead atoms. The zero-order valence-corrected chi connectivity index (χ0v) is 13.8.